The molecule has 0 atom stereocenters. The molecule has 1 rings (SSSR count). The molecule has 0 N–H and O–H groups in total. The van der Waals surface area contributed by atoms with Gasteiger partial charge in [0, 0.05) is 22.5 Å². The highest BCUT2D eigenvalue weighted by atomic mass is 79.9. The standard InChI is InChI=1S/C11H10BrF2NO3/c1-2-9(15(16)17)6-7-5-8(12)3-4-10(7)18-11(13)14/h3-6,11H,2H2,1H3/b9-6+. The number of nitrogens with zero attached hydrogens (tertiary/aromatic N) is 1. The van der Waals surface area contributed by atoms with Gasteiger partial charge in [0.2, 0.25) is 5.70 Å². The zero-order valence-electron chi connectivity index (χ0n) is 9.40. The first-order valence-electron chi connectivity index (χ1n) is 5.03. The third-order valence-corrected chi connectivity index (χ3v) is 2.60. The van der Waals surface area contributed by atoms with Crippen LogP contribution in [0.1, 0.15) is 18.9 Å². The molecular weight excluding hydrogens is 312 g/mol. The third-order valence-electron chi connectivity index (χ3n) is 2.11. The molecular formula is C11H10BrF2NO3. The Morgan fingerprint density at radius 3 is 2.78 bits per heavy atom. The Labute approximate surface area is 111 Å². The summed E-state index contributed by atoms with van der Waals surface area (Å²) in [5.74, 6) is -0.0963. The number of rotatable bonds is 5. The summed E-state index contributed by atoms with van der Waals surface area (Å²) in [4.78, 5) is 10.1. The van der Waals surface area contributed by atoms with Crippen molar-refractivity contribution in [3.8, 4) is 5.75 Å². The molecule has 0 saturated heterocycles. The molecule has 0 aromatic heterocycles. The van der Waals surface area contributed by atoms with E-state index >= 15 is 0 Å². The van der Waals surface area contributed by atoms with E-state index in [1.54, 1.807) is 6.92 Å². The fourth-order valence-corrected chi connectivity index (χ4v) is 1.68. The van der Waals surface area contributed by atoms with E-state index in [2.05, 4.69) is 20.7 Å². The summed E-state index contributed by atoms with van der Waals surface area (Å²) in [5, 5.41) is 10.7. The maximum Gasteiger partial charge on any atom is 0.387 e. The Hall–Kier alpha value is -1.50. The van der Waals surface area contributed by atoms with E-state index in [0.29, 0.717) is 4.47 Å². The van der Waals surface area contributed by atoms with Crippen molar-refractivity contribution in [3.63, 3.8) is 0 Å². The number of alkyl halides is 2. The summed E-state index contributed by atoms with van der Waals surface area (Å²) in [6.07, 6.45) is 1.41. The molecule has 1 aromatic carbocycles. The SMILES string of the molecule is CC/C(=C\c1cc(Br)ccc1OC(F)F)[N+](=O)[O-]. The zero-order chi connectivity index (χ0) is 13.7. The van der Waals surface area contributed by atoms with Gasteiger partial charge in [0.05, 0.1) is 4.92 Å². The van der Waals surface area contributed by atoms with Crippen LogP contribution >= 0.6 is 15.9 Å². The summed E-state index contributed by atoms with van der Waals surface area (Å²) < 4.78 is 29.3. The monoisotopic (exact) mass is 321 g/mol. The Morgan fingerprint density at radius 2 is 2.28 bits per heavy atom. The van der Waals surface area contributed by atoms with E-state index in [1.165, 1.54) is 24.3 Å². The Morgan fingerprint density at radius 1 is 1.61 bits per heavy atom. The summed E-state index contributed by atoms with van der Waals surface area (Å²) in [6.45, 7) is -1.36. The first kappa shape index (κ1) is 14.6. The van der Waals surface area contributed by atoms with Crippen molar-refractivity contribution in [1.29, 1.82) is 0 Å². The summed E-state index contributed by atoms with van der Waals surface area (Å²) in [5.41, 5.74) is 0.158. The van der Waals surface area contributed by atoms with Gasteiger partial charge in [0.25, 0.3) is 0 Å². The molecule has 0 aliphatic carbocycles. The van der Waals surface area contributed by atoms with E-state index in [4.69, 9.17) is 0 Å². The maximum atomic E-state index is 12.2. The molecule has 0 bridgehead atoms. The number of hydrogen-bond donors (Lipinski definition) is 0. The Kier molecular flexibility index (Phi) is 5.21. The van der Waals surface area contributed by atoms with Crippen LogP contribution in [0.2, 0.25) is 0 Å². The van der Waals surface area contributed by atoms with Gasteiger partial charge in [-0.1, -0.05) is 22.9 Å². The van der Waals surface area contributed by atoms with Gasteiger partial charge in [-0.15, -0.1) is 0 Å². The van der Waals surface area contributed by atoms with Gasteiger partial charge >= 0.3 is 6.61 Å². The van der Waals surface area contributed by atoms with Crippen LogP contribution in [0, 0.1) is 10.1 Å². The van der Waals surface area contributed by atoms with Crippen molar-refractivity contribution in [2.75, 3.05) is 0 Å². The van der Waals surface area contributed by atoms with Crippen LogP contribution in [0.3, 0.4) is 0 Å². The minimum atomic E-state index is -2.97. The molecule has 0 unspecified atom stereocenters. The van der Waals surface area contributed by atoms with Gasteiger partial charge in [-0.05, 0) is 18.2 Å². The lowest BCUT2D eigenvalue weighted by molar-refractivity contribution is -0.425. The average molecular weight is 322 g/mol. The second-order valence-corrected chi connectivity index (χ2v) is 4.22. The number of hydrogen-bond acceptors (Lipinski definition) is 3. The molecule has 4 nitrogen and oxygen atoms in total. The molecule has 0 radical (unpaired) electrons. The number of nitro groups is 1. The molecule has 1 aromatic rings. The highest BCUT2D eigenvalue weighted by Gasteiger charge is 2.13. The molecule has 98 valence electrons. The zero-order valence-corrected chi connectivity index (χ0v) is 11.0. The fraction of sp³-hybridized carbons (Fsp3) is 0.273. The van der Waals surface area contributed by atoms with E-state index < -0.39 is 11.5 Å². The minimum absolute atomic E-state index is 0.0767. The lowest BCUT2D eigenvalue weighted by Gasteiger charge is -2.08. The van der Waals surface area contributed by atoms with Crippen molar-refractivity contribution in [1.82, 2.24) is 0 Å². The van der Waals surface area contributed by atoms with Gasteiger partial charge in [-0.2, -0.15) is 8.78 Å². The number of ether oxygens (including phenoxy) is 1. The molecule has 7 heteroatoms. The van der Waals surface area contributed by atoms with Crippen LogP contribution in [-0.4, -0.2) is 11.5 Å². The second-order valence-electron chi connectivity index (χ2n) is 3.31. The van der Waals surface area contributed by atoms with E-state index in [0.717, 1.165) is 0 Å². The van der Waals surface area contributed by atoms with Crippen molar-refractivity contribution in [3.05, 3.63) is 44.0 Å². The van der Waals surface area contributed by atoms with Crippen molar-refractivity contribution < 1.29 is 18.4 Å². The summed E-state index contributed by atoms with van der Waals surface area (Å²) in [6, 6.07) is 4.33. The van der Waals surface area contributed by atoms with Crippen molar-refractivity contribution in [2.24, 2.45) is 0 Å². The smallest absolute Gasteiger partial charge is 0.387 e. The highest BCUT2D eigenvalue weighted by molar-refractivity contribution is 9.10. The number of benzene rings is 1. The summed E-state index contributed by atoms with van der Waals surface area (Å²) >= 11 is 3.17. The largest absolute Gasteiger partial charge is 0.434 e. The number of halogens is 3. The molecule has 0 amide bonds. The molecule has 0 heterocycles. The normalized spacial score (nSPS) is 11.7. The summed E-state index contributed by atoms with van der Waals surface area (Å²) in [7, 11) is 0. The quantitative estimate of drug-likeness (QED) is 0.606. The predicted molar refractivity (Wildman–Crippen MR) is 66.0 cm³/mol. The van der Waals surface area contributed by atoms with Crippen LogP contribution in [0.15, 0.2) is 28.4 Å². The van der Waals surface area contributed by atoms with Crippen LogP contribution in [0.4, 0.5) is 8.78 Å². The van der Waals surface area contributed by atoms with E-state index in [-0.39, 0.29) is 23.4 Å². The van der Waals surface area contributed by atoms with Crippen molar-refractivity contribution in [2.45, 2.75) is 20.0 Å². The lowest BCUT2D eigenvalue weighted by atomic mass is 10.1. The van der Waals surface area contributed by atoms with Crippen molar-refractivity contribution >= 4 is 22.0 Å². The topological polar surface area (TPSA) is 52.4 Å². The number of allylic oxidation sites excluding steroid dienone is 1. The Balaban J connectivity index is 3.20. The van der Waals surface area contributed by atoms with E-state index in [9.17, 15) is 18.9 Å². The minimum Gasteiger partial charge on any atom is -0.434 e. The molecule has 0 aliphatic heterocycles. The maximum absolute atomic E-state index is 12.2. The Bertz CT molecular complexity index is 477. The first-order chi connectivity index (χ1) is 8.43. The van der Waals surface area contributed by atoms with Crippen LogP contribution in [-0.2, 0) is 0 Å². The average Bonchev–Trinajstić information content (AvgIpc) is 2.28. The molecule has 0 fully saturated rings. The molecule has 0 spiro atoms. The van der Waals surface area contributed by atoms with Gasteiger partial charge in [-0.25, -0.2) is 0 Å². The molecule has 18 heavy (non-hydrogen) atoms. The lowest BCUT2D eigenvalue weighted by Crippen LogP contribution is -2.04. The predicted octanol–water partition coefficient (Wildman–Crippen LogP) is 4.08. The highest BCUT2D eigenvalue weighted by Crippen LogP contribution is 2.27. The molecule has 0 saturated carbocycles. The second kappa shape index (κ2) is 6.44. The van der Waals surface area contributed by atoms with E-state index in [1.807, 2.05) is 0 Å². The van der Waals surface area contributed by atoms with Crippen LogP contribution < -0.4 is 4.74 Å². The van der Waals surface area contributed by atoms with Crippen LogP contribution in [0.5, 0.6) is 5.75 Å². The van der Waals surface area contributed by atoms with Gasteiger partial charge < -0.3 is 4.74 Å². The fourth-order valence-electron chi connectivity index (χ4n) is 1.30. The van der Waals surface area contributed by atoms with Gasteiger partial charge in [0.1, 0.15) is 5.75 Å². The van der Waals surface area contributed by atoms with Crippen LogP contribution in [0.25, 0.3) is 6.08 Å². The third kappa shape index (κ3) is 4.06. The molecule has 0 aliphatic rings. The van der Waals surface area contributed by atoms with Gasteiger partial charge in [0.15, 0.2) is 0 Å². The van der Waals surface area contributed by atoms with Gasteiger partial charge in [-0.3, -0.25) is 10.1 Å². The first-order valence-corrected chi connectivity index (χ1v) is 5.82.